The summed E-state index contributed by atoms with van der Waals surface area (Å²) in [6.45, 7) is 14.0. The Labute approximate surface area is 163 Å². The van der Waals surface area contributed by atoms with Crippen molar-refractivity contribution >= 4 is 17.4 Å². The molecule has 4 heteroatoms. The Bertz CT molecular complexity index is 815. The monoisotopic (exact) mass is 365 g/mol. The number of nitrogens with one attached hydrogen (secondary N) is 1. The molecule has 0 bridgehead atoms. The summed E-state index contributed by atoms with van der Waals surface area (Å²) in [7, 11) is 0. The first-order valence-corrected chi connectivity index (χ1v) is 9.73. The van der Waals surface area contributed by atoms with Gasteiger partial charge in [-0.1, -0.05) is 56.7 Å². The smallest absolute Gasteiger partial charge is 0.321 e. The van der Waals surface area contributed by atoms with Gasteiger partial charge in [0, 0.05) is 37.6 Å². The molecule has 0 atom stereocenters. The zero-order valence-corrected chi connectivity index (χ0v) is 17.2. The van der Waals surface area contributed by atoms with Gasteiger partial charge in [-0.3, -0.25) is 0 Å². The number of aryl methyl sites for hydroxylation is 2. The van der Waals surface area contributed by atoms with Crippen LogP contribution in [0.3, 0.4) is 0 Å². The first kappa shape index (κ1) is 19.3. The summed E-state index contributed by atoms with van der Waals surface area (Å²) in [4.78, 5) is 17.1. The third kappa shape index (κ3) is 4.44. The van der Waals surface area contributed by atoms with Crippen LogP contribution in [0.2, 0.25) is 0 Å². The number of para-hydroxylation sites is 1. The second kappa shape index (κ2) is 7.63. The van der Waals surface area contributed by atoms with Crippen LogP contribution in [-0.4, -0.2) is 37.1 Å². The third-order valence-corrected chi connectivity index (χ3v) is 5.24. The predicted molar refractivity (Wildman–Crippen MR) is 114 cm³/mol. The Hall–Kier alpha value is -2.49. The van der Waals surface area contributed by atoms with E-state index in [9.17, 15) is 4.79 Å². The van der Waals surface area contributed by atoms with Gasteiger partial charge in [0.05, 0.1) is 0 Å². The van der Waals surface area contributed by atoms with Crippen molar-refractivity contribution in [1.29, 1.82) is 0 Å². The number of urea groups is 1. The Morgan fingerprint density at radius 3 is 2.26 bits per heavy atom. The Morgan fingerprint density at radius 1 is 0.963 bits per heavy atom. The maximum atomic E-state index is 12.8. The number of nitrogens with zero attached hydrogens (tertiary/aromatic N) is 2. The highest BCUT2D eigenvalue weighted by atomic mass is 16.2. The second-order valence-corrected chi connectivity index (χ2v) is 8.49. The van der Waals surface area contributed by atoms with E-state index in [1.807, 2.05) is 23.1 Å². The van der Waals surface area contributed by atoms with E-state index in [4.69, 9.17) is 0 Å². The number of carbonyl (C=O) groups excluding carboxylic acids is 1. The van der Waals surface area contributed by atoms with Crippen LogP contribution in [0.15, 0.2) is 42.5 Å². The zero-order chi connectivity index (χ0) is 19.6. The van der Waals surface area contributed by atoms with Gasteiger partial charge in [0.1, 0.15) is 0 Å². The molecule has 0 saturated carbocycles. The molecule has 144 valence electrons. The molecule has 3 rings (SSSR count). The van der Waals surface area contributed by atoms with Crippen LogP contribution in [0.5, 0.6) is 0 Å². The molecule has 1 saturated heterocycles. The maximum Gasteiger partial charge on any atom is 0.321 e. The fraction of sp³-hybridized carbons (Fsp3) is 0.435. The van der Waals surface area contributed by atoms with Crippen molar-refractivity contribution in [1.82, 2.24) is 4.90 Å². The van der Waals surface area contributed by atoms with Crippen molar-refractivity contribution < 1.29 is 4.79 Å². The molecule has 1 fully saturated rings. The molecule has 1 aliphatic heterocycles. The van der Waals surface area contributed by atoms with Gasteiger partial charge in [0.2, 0.25) is 0 Å². The van der Waals surface area contributed by atoms with E-state index in [2.05, 4.69) is 69.1 Å². The Morgan fingerprint density at radius 2 is 1.63 bits per heavy atom. The van der Waals surface area contributed by atoms with Crippen molar-refractivity contribution in [3.63, 3.8) is 0 Å². The first-order valence-electron chi connectivity index (χ1n) is 9.73. The Balaban J connectivity index is 1.64. The largest absolute Gasteiger partial charge is 0.368 e. The highest BCUT2D eigenvalue weighted by molar-refractivity contribution is 5.90. The van der Waals surface area contributed by atoms with Crippen molar-refractivity contribution in [3.8, 4) is 0 Å². The van der Waals surface area contributed by atoms with Gasteiger partial charge in [-0.25, -0.2) is 4.79 Å². The van der Waals surface area contributed by atoms with Crippen LogP contribution in [0, 0.1) is 13.8 Å². The van der Waals surface area contributed by atoms with Crippen LogP contribution >= 0.6 is 0 Å². The van der Waals surface area contributed by atoms with E-state index < -0.39 is 0 Å². The summed E-state index contributed by atoms with van der Waals surface area (Å²) in [6, 6.07) is 14.6. The van der Waals surface area contributed by atoms with E-state index in [1.165, 1.54) is 16.8 Å². The molecular weight excluding hydrogens is 334 g/mol. The van der Waals surface area contributed by atoms with Crippen molar-refractivity contribution in [2.45, 2.75) is 40.0 Å². The van der Waals surface area contributed by atoms with Gasteiger partial charge < -0.3 is 15.1 Å². The fourth-order valence-electron chi connectivity index (χ4n) is 3.75. The fourth-order valence-corrected chi connectivity index (χ4v) is 3.75. The molecule has 4 nitrogen and oxygen atoms in total. The lowest BCUT2D eigenvalue weighted by atomic mass is 9.86. The highest BCUT2D eigenvalue weighted by Crippen LogP contribution is 2.29. The van der Waals surface area contributed by atoms with E-state index in [1.54, 1.807) is 0 Å². The minimum atomic E-state index is -0.00839. The number of piperazine rings is 1. The van der Waals surface area contributed by atoms with E-state index in [-0.39, 0.29) is 11.4 Å². The van der Waals surface area contributed by atoms with E-state index >= 15 is 0 Å². The zero-order valence-electron chi connectivity index (χ0n) is 17.2. The third-order valence-electron chi connectivity index (χ3n) is 5.24. The van der Waals surface area contributed by atoms with Gasteiger partial charge in [-0.15, -0.1) is 0 Å². The van der Waals surface area contributed by atoms with E-state index in [0.29, 0.717) is 0 Å². The first-order chi connectivity index (χ1) is 12.8. The van der Waals surface area contributed by atoms with Crippen LogP contribution in [0.25, 0.3) is 0 Å². The summed E-state index contributed by atoms with van der Waals surface area (Å²) >= 11 is 0. The lowest BCUT2D eigenvalue weighted by Crippen LogP contribution is -2.50. The SMILES string of the molecule is Cc1ccc(N2CCN(C(=O)Nc3ccccc3C(C)(C)C)CC2)c(C)c1. The molecular formula is C23H31N3O. The number of hydrogen-bond donors (Lipinski definition) is 1. The standard InChI is InChI=1S/C23H31N3O/c1-17-10-11-21(18(2)16-17)25-12-14-26(15-13-25)22(27)24-20-9-7-6-8-19(20)23(3,4)5/h6-11,16H,12-15H2,1-5H3,(H,24,27). The second-order valence-electron chi connectivity index (χ2n) is 8.49. The number of amides is 2. The highest BCUT2D eigenvalue weighted by Gasteiger charge is 2.24. The van der Waals surface area contributed by atoms with Crippen LogP contribution in [0.4, 0.5) is 16.2 Å². The molecule has 2 amide bonds. The molecule has 0 aromatic heterocycles. The van der Waals surface area contributed by atoms with Gasteiger partial charge >= 0.3 is 6.03 Å². The van der Waals surface area contributed by atoms with Crippen LogP contribution < -0.4 is 10.2 Å². The van der Waals surface area contributed by atoms with E-state index in [0.717, 1.165) is 37.4 Å². The molecule has 0 unspecified atom stereocenters. The van der Waals surface area contributed by atoms with Crippen molar-refractivity contribution in [2.24, 2.45) is 0 Å². The summed E-state index contributed by atoms with van der Waals surface area (Å²) in [5, 5.41) is 3.13. The molecule has 2 aromatic rings. The topological polar surface area (TPSA) is 35.6 Å². The molecule has 0 aliphatic carbocycles. The number of hydrogen-bond acceptors (Lipinski definition) is 2. The number of carbonyl (C=O) groups is 1. The number of benzene rings is 2. The predicted octanol–water partition coefficient (Wildman–Crippen LogP) is 4.96. The lowest BCUT2D eigenvalue weighted by Gasteiger charge is -2.37. The average Bonchev–Trinajstić information content (AvgIpc) is 2.61. The van der Waals surface area contributed by atoms with Crippen molar-refractivity contribution in [3.05, 3.63) is 59.2 Å². The number of rotatable bonds is 2. The molecule has 1 heterocycles. The van der Waals surface area contributed by atoms with Crippen LogP contribution in [0.1, 0.15) is 37.5 Å². The number of anilines is 2. The van der Waals surface area contributed by atoms with Gasteiger partial charge in [-0.05, 0) is 42.5 Å². The molecule has 1 aliphatic rings. The minimum absolute atomic E-state index is 0.00743. The van der Waals surface area contributed by atoms with Gasteiger partial charge in [-0.2, -0.15) is 0 Å². The summed E-state index contributed by atoms with van der Waals surface area (Å²) in [5.74, 6) is 0. The summed E-state index contributed by atoms with van der Waals surface area (Å²) in [6.07, 6.45) is 0. The molecule has 1 N–H and O–H groups in total. The quantitative estimate of drug-likeness (QED) is 0.817. The average molecular weight is 366 g/mol. The normalized spacial score (nSPS) is 15.0. The molecule has 2 aromatic carbocycles. The lowest BCUT2D eigenvalue weighted by molar-refractivity contribution is 0.208. The molecule has 0 spiro atoms. The summed E-state index contributed by atoms with van der Waals surface area (Å²) < 4.78 is 0. The minimum Gasteiger partial charge on any atom is -0.368 e. The molecule has 27 heavy (non-hydrogen) atoms. The molecule has 0 radical (unpaired) electrons. The maximum absolute atomic E-state index is 12.8. The van der Waals surface area contributed by atoms with Crippen LogP contribution in [-0.2, 0) is 5.41 Å². The van der Waals surface area contributed by atoms with Gasteiger partial charge in [0.25, 0.3) is 0 Å². The van der Waals surface area contributed by atoms with Crippen molar-refractivity contribution in [2.75, 3.05) is 36.4 Å². The Kier molecular flexibility index (Phi) is 5.45. The van der Waals surface area contributed by atoms with Gasteiger partial charge in [0.15, 0.2) is 0 Å². The summed E-state index contributed by atoms with van der Waals surface area (Å²) in [5.41, 5.74) is 5.92.